The fourth-order valence-corrected chi connectivity index (χ4v) is 4.23. The molecule has 1 aliphatic heterocycles. The summed E-state index contributed by atoms with van der Waals surface area (Å²) in [5, 5.41) is 3.42. The minimum atomic E-state index is 0.468. The van der Waals surface area contributed by atoms with Gasteiger partial charge in [0, 0.05) is 11.6 Å². The minimum absolute atomic E-state index is 0.468. The molecule has 1 saturated carbocycles. The Labute approximate surface area is 110 Å². The van der Waals surface area contributed by atoms with Crippen molar-refractivity contribution in [3.05, 3.63) is 11.3 Å². The highest BCUT2D eigenvalue weighted by Crippen LogP contribution is 2.49. The van der Waals surface area contributed by atoms with E-state index >= 15 is 0 Å². The van der Waals surface area contributed by atoms with Gasteiger partial charge in [0.05, 0.1) is 6.04 Å². The van der Waals surface area contributed by atoms with Crippen molar-refractivity contribution in [2.75, 3.05) is 0 Å². The molecule has 0 saturated heterocycles. The molecule has 0 spiro atoms. The molecule has 0 radical (unpaired) electrons. The van der Waals surface area contributed by atoms with Gasteiger partial charge >= 0.3 is 0 Å². The molecule has 0 aromatic carbocycles. The Balaban J connectivity index is 1.96. The predicted octanol–water partition coefficient (Wildman–Crippen LogP) is 2.78. The van der Waals surface area contributed by atoms with Crippen LogP contribution >= 0.6 is 0 Å². The number of rotatable bonds is 3. The number of nitrogens with two attached hydrogens (primary N) is 1. The molecule has 100 valence electrons. The van der Waals surface area contributed by atoms with Crippen LogP contribution in [0.1, 0.15) is 52.4 Å². The quantitative estimate of drug-likeness (QED) is 0.805. The first-order valence-corrected chi connectivity index (χ1v) is 7.54. The van der Waals surface area contributed by atoms with Gasteiger partial charge in [0.2, 0.25) is 0 Å². The first kappa shape index (κ1) is 12.1. The molecule has 3 nitrogen and oxygen atoms in total. The molecule has 0 bridgehead atoms. The van der Waals surface area contributed by atoms with Gasteiger partial charge in [-0.2, -0.15) is 0 Å². The van der Waals surface area contributed by atoms with Crippen LogP contribution in [0.2, 0.25) is 0 Å². The molecule has 1 fully saturated rings. The largest absolute Gasteiger partial charge is 0.370 e. The molecule has 2 aliphatic carbocycles. The Morgan fingerprint density at radius 1 is 1.39 bits per heavy atom. The van der Waals surface area contributed by atoms with Crippen molar-refractivity contribution in [2.45, 2.75) is 58.4 Å². The molecule has 3 heteroatoms. The first-order valence-electron chi connectivity index (χ1n) is 7.54. The first-order chi connectivity index (χ1) is 8.70. The minimum Gasteiger partial charge on any atom is -0.370 e. The summed E-state index contributed by atoms with van der Waals surface area (Å²) in [6.07, 6.45) is 7.73. The molecule has 4 atom stereocenters. The van der Waals surface area contributed by atoms with E-state index in [9.17, 15) is 0 Å². The maximum Gasteiger partial charge on any atom is 0.193 e. The number of nitrogens with one attached hydrogen (secondary N) is 1. The molecular weight excluding hydrogens is 222 g/mol. The molecule has 0 aromatic heterocycles. The molecular formula is C15H25N3. The Morgan fingerprint density at radius 3 is 3.00 bits per heavy atom. The average Bonchev–Trinajstić information content (AvgIpc) is 2.72. The third-order valence-electron chi connectivity index (χ3n) is 5.05. The number of unbranched alkanes of at least 4 members (excludes halogenated alkanes) is 1. The molecule has 0 aromatic rings. The Hall–Kier alpha value is -0.990. The van der Waals surface area contributed by atoms with Crippen LogP contribution < -0.4 is 11.1 Å². The van der Waals surface area contributed by atoms with Gasteiger partial charge in [0.15, 0.2) is 5.96 Å². The van der Waals surface area contributed by atoms with Crippen LogP contribution in [0.25, 0.3) is 0 Å². The fraction of sp³-hybridized carbons (Fsp3) is 0.800. The van der Waals surface area contributed by atoms with Gasteiger partial charge in [-0.15, -0.1) is 0 Å². The lowest BCUT2D eigenvalue weighted by atomic mass is 9.72. The summed E-state index contributed by atoms with van der Waals surface area (Å²) < 4.78 is 0. The lowest BCUT2D eigenvalue weighted by Gasteiger charge is -2.39. The summed E-state index contributed by atoms with van der Waals surface area (Å²) in [6, 6.07) is 0.468. The van der Waals surface area contributed by atoms with Crippen LogP contribution in [0.15, 0.2) is 16.3 Å². The van der Waals surface area contributed by atoms with Crippen LogP contribution in [0.3, 0.4) is 0 Å². The molecule has 18 heavy (non-hydrogen) atoms. The molecule has 3 N–H and O–H groups in total. The second-order valence-corrected chi connectivity index (χ2v) is 6.25. The van der Waals surface area contributed by atoms with Gasteiger partial charge in [-0.1, -0.05) is 20.3 Å². The topological polar surface area (TPSA) is 50.4 Å². The van der Waals surface area contributed by atoms with Gasteiger partial charge in [-0.3, -0.25) is 0 Å². The maximum absolute atomic E-state index is 5.97. The van der Waals surface area contributed by atoms with E-state index in [1.807, 2.05) is 0 Å². The summed E-state index contributed by atoms with van der Waals surface area (Å²) in [7, 11) is 0. The van der Waals surface area contributed by atoms with E-state index in [1.165, 1.54) is 44.2 Å². The van der Waals surface area contributed by atoms with Crippen molar-refractivity contribution in [1.82, 2.24) is 5.32 Å². The number of allylic oxidation sites excluding steroid dienone is 1. The Bertz CT molecular complexity index is 397. The van der Waals surface area contributed by atoms with Gasteiger partial charge in [0.1, 0.15) is 0 Å². The normalized spacial score (nSPS) is 38.2. The van der Waals surface area contributed by atoms with Crippen molar-refractivity contribution in [1.29, 1.82) is 0 Å². The zero-order valence-electron chi connectivity index (χ0n) is 11.6. The zero-order chi connectivity index (χ0) is 12.7. The monoisotopic (exact) mass is 247 g/mol. The van der Waals surface area contributed by atoms with E-state index in [1.54, 1.807) is 5.57 Å². The smallest absolute Gasteiger partial charge is 0.193 e. The molecule has 3 rings (SSSR count). The fourth-order valence-electron chi connectivity index (χ4n) is 4.23. The number of hydrogen-bond acceptors (Lipinski definition) is 3. The number of hydrogen-bond donors (Lipinski definition) is 2. The van der Waals surface area contributed by atoms with E-state index < -0.39 is 0 Å². The van der Waals surface area contributed by atoms with Gasteiger partial charge < -0.3 is 11.1 Å². The Morgan fingerprint density at radius 2 is 2.22 bits per heavy atom. The third kappa shape index (κ3) is 1.84. The zero-order valence-corrected chi connectivity index (χ0v) is 11.6. The van der Waals surface area contributed by atoms with Crippen molar-refractivity contribution in [3.63, 3.8) is 0 Å². The second kappa shape index (κ2) is 4.60. The molecule has 0 unspecified atom stereocenters. The van der Waals surface area contributed by atoms with Crippen LogP contribution in [0.5, 0.6) is 0 Å². The summed E-state index contributed by atoms with van der Waals surface area (Å²) in [4.78, 5) is 4.62. The highest BCUT2D eigenvalue weighted by atomic mass is 15.2. The van der Waals surface area contributed by atoms with Crippen molar-refractivity contribution >= 4 is 5.96 Å². The predicted molar refractivity (Wildman–Crippen MR) is 75.1 cm³/mol. The second-order valence-electron chi connectivity index (χ2n) is 6.25. The van der Waals surface area contributed by atoms with Crippen LogP contribution in [-0.4, -0.2) is 12.0 Å². The number of nitrogens with zero attached hydrogens (tertiary/aromatic N) is 1. The van der Waals surface area contributed by atoms with E-state index in [0.717, 1.165) is 11.8 Å². The van der Waals surface area contributed by atoms with Gasteiger partial charge in [-0.05, 0) is 49.5 Å². The molecule has 1 heterocycles. The van der Waals surface area contributed by atoms with Crippen molar-refractivity contribution < 1.29 is 0 Å². The summed E-state index contributed by atoms with van der Waals surface area (Å²) in [5.74, 6) is 2.87. The van der Waals surface area contributed by atoms with Crippen molar-refractivity contribution in [3.8, 4) is 0 Å². The summed E-state index contributed by atoms with van der Waals surface area (Å²) >= 11 is 0. The van der Waals surface area contributed by atoms with Gasteiger partial charge in [-0.25, -0.2) is 4.99 Å². The lowest BCUT2D eigenvalue weighted by Crippen LogP contribution is -2.45. The standard InChI is InChI=1S/C15H25N3/c1-3-4-5-11-9(2)8-10-6-7-12-13(10)14(11)18-15(16)17-12/h9-10,12-13H,3-8H2,1-2H3,(H3,16,17,18)/t9-,10-,12-,13+/m0/s1. The van der Waals surface area contributed by atoms with E-state index in [-0.39, 0.29) is 0 Å². The van der Waals surface area contributed by atoms with Gasteiger partial charge in [0.25, 0.3) is 0 Å². The van der Waals surface area contributed by atoms with Crippen molar-refractivity contribution in [2.24, 2.45) is 28.5 Å². The van der Waals surface area contributed by atoms with Crippen LogP contribution in [-0.2, 0) is 0 Å². The Kier molecular flexibility index (Phi) is 3.08. The highest BCUT2D eigenvalue weighted by molar-refractivity contribution is 5.81. The van der Waals surface area contributed by atoms with E-state index in [4.69, 9.17) is 5.73 Å². The highest BCUT2D eigenvalue weighted by Gasteiger charge is 2.45. The average molecular weight is 247 g/mol. The number of aliphatic imine (C=N–C) groups is 1. The number of guanidine groups is 1. The third-order valence-corrected chi connectivity index (χ3v) is 5.05. The molecule has 3 aliphatic rings. The van der Waals surface area contributed by atoms with E-state index in [2.05, 4.69) is 24.2 Å². The summed E-state index contributed by atoms with van der Waals surface area (Å²) in [5.41, 5.74) is 9.07. The van der Waals surface area contributed by atoms with Crippen LogP contribution in [0.4, 0.5) is 0 Å². The lowest BCUT2D eigenvalue weighted by molar-refractivity contribution is 0.299. The van der Waals surface area contributed by atoms with E-state index in [0.29, 0.717) is 17.9 Å². The van der Waals surface area contributed by atoms with Crippen LogP contribution in [0, 0.1) is 17.8 Å². The maximum atomic E-state index is 5.97. The SMILES string of the molecule is CCCCC1=C2NC(N)=N[C@H]3CC[C@@H](C[C@@H]1C)[C@@H]23. The summed E-state index contributed by atoms with van der Waals surface area (Å²) in [6.45, 7) is 4.66. The molecule has 0 amide bonds.